The minimum atomic E-state index is -0.158. The largest absolute Gasteiger partial charge is 0.438 e. The zero-order valence-electron chi connectivity index (χ0n) is 23.8. The molecule has 7 nitrogen and oxygen atoms in total. The molecule has 2 amide bonds. The molecule has 2 heterocycles. The number of para-hydroxylation sites is 1. The topological polar surface area (TPSA) is 83.6 Å². The van der Waals surface area contributed by atoms with Gasteiger partial charge in [0.25, 0.3) is 5.91 Å². The van der Waals surface area contributed by atoms with Gasteiger partial charge in [0.2, 0.25) is 11.8 Å². The summed E-state index contributed by atoms with van der Waals surface area (Å²) in [6, 6.07) is 21.2. The number of hydrogen-bond acceptors (Lipinski definition) is 5. The Bertz CT molecular complexity index is 1220. The maximum atomic E-state index is 12.7. The normalized spacial score (nSPS) is 14.2. The molecule has 3 aromatic rings. The highest BCUT2D eigenvalue weighted by molar-refractivity contribution is 5.96. The van der Waals surface area contributed by atoms with Crippen molar-refractivity contribution < 1.29 is 14.3 Å². The lowest BCUT2D eigenvalue weighted by Gasteiger charge is -2.32. The van der Waals surface area contributed by atoms with E-state index in [1.807, 2.05) is 56.3 Å². The molecule has 2 aromatic carbocycles. The number of hydrogen-bond donors (Lipinski definition) is 2. The van der Waals surface area contributed by atoms with Crippen LogP contribution in [0.15, 0.2) is 72.9 Å². The molecular formula is C33H42N4O3. The van der Waals surface area contributed by atoms with Crippen LogP contribution in [0, 0.1) is 5.92 Å². The number of carbonyl (C=O) groups excluding carboxylic acids is 2. The maximum absolute atomic E-state index is 12.7. The highest BCUT2D eigenvalue weighted by atomic mass is 16.5. The predicted molar refractivity (Wildman–Crippen MR) is 160 cm³/mol. The molecule has 212 valence electrons. The summed E-state index contributed by atoms with van der Waals surface area (Å²) in [5, 5.41) is 6.04. The van der Waals surface area contributed by atoms with Crippen LogP contribution >= 0.6 is 0 Å². The molecule has 7 heteroatoms. The van der Waals surface area contributed by atoms with Crippen LogP contribution in [0.5, 0.6) is 11.6 Å². The Morgan fingerprint density at radius 1 is 0.950 bits per heavy atom. The number of rotatable bonds is 13. The van der Waals surface area contributed by atoms with Gasteiger partial charge in [0, 0.05) is 24.3 Å². The van der Waals surface area contributed by atoms with Crippen LogP contribution in [-0.2, 0) is 4.79 Å². The molecule has 0 aliphatic carbocycles. The van der Waals surface area contributed by atoms with Gasteiger partial charge in [-0.2, -0.15) is 0 Å². The van der Waals surface area contributed by atoms with Gasteiger partial charge in [-0.3, -0.25) is 9.59 Å². The molecular weight excluding hydrogens is 500 g/mol. The predicted octanol–water partition coefficient (Wildman–Crippen LogP) is 6.64. The van der Waals surface area contributed by atoms with Crippen molar-refractivity contribution in [3.63, 3.8) is 0 Å². The first-order chi connectivity index (χ1) is 19.5. The Labute approximate surface area is 238 Å². The van der Waals surface area contributed by atoms with E-state index < -0.39 is 0 Å². The molecule has 0 radical (unpaired) electrons. The minimum absolute atomic E-state index is 0.0223. The molecule has 1 aliphatic heterocycles. The number of nitrogens with zero attached hydrogens (tertiary/aromatic N) is 2. The Balaban J connectivity index is 1.10. The number of aromatic nitrogens is 1. The van der Waals surface area contributed by atoms with Gasteiger partial charge in [-0.1, -0.05) is 57.0 Å². The second-order valence-electron chi connectivity index (χ2n) is 10.8. The molecule has 1 aliphatic rings. The van der Waals surface area contributed by atoms with Crippen LogP contribution < -0.4 is 15.4 Å². The summed E-state index contributed by atoms with van der Waals surface area (Å²) in [5.74, 6) is 1.40. The highest BCUT2D eigenvalue weighted by Gasteiger charge is 2.21. The van der Waals surface area contributed by atoms with Gasteiger partial charge in [-0.25, -0.2) is 4.98 Å². The molecule has 40 heavy (non-hydrogen) atoms. The lowest BCUT2D eigenvalue weighted by atomic mass is 9.89. The van der Waals surface area contributed by atoms with Crippen LogP contribution in [0.4, 0.5) is 5.69 Å². The number of amides is 2. The number of likely N-dealkylation sites (tertiary alicyclic amines) is 1. The van der Waals surface area contributed by atoms with Crippen LogP contribution in [0.1, 0.15) is 74.2 Å². The maximum Gasteiger partial charge on any atom is 0.256 e. The lowest BCUT2D eigenvalue weighted by molar-refractivity contribution is -0.118. The van der Waals surface area contributed by atoms with Crippen molar-refractivity contribution in [3.05, 3.63) is 84.1 Å². The van der Waals surface area contributed by atoms with Crippen molar-refractivity contribution in [2.24, 2.45) is 5.92 Å². The third kappa shape index (κ3) is 8.91. The van der Waals surface area contributed by atoms with Gasteiger partial charge in [0.1, 0.15) is 11.3 Å². The molecule has 2 N–H and O–H groups in total. The zero-order valence-corrected chi connectivity index (χ0v) is 23.8. The first-order valence-corrected chi connectivity index (χ1v) is 14.6. The summed E-state index contributed by atoms with van der Waals surface area (Å²) in [6.45, 7) is 7.81. The lowest BCUT2D eigenvalue weighted by Crippen LogP contribution is -2.33. The first-order valence-electron chi connectivity index (χ1n) is 14.6. The van der Waals surface area contributed by atoms with Crippen molar-refractivity contribution in [2.45, 2.75) is 58.3 Å². The summed E-state index contributed by atoms with van der Waals surface area (Å²) in [4.78, 5) is 31.6. The summed E-state index contributed by atoms with van der Waals surface area (Å²) in [7, 11) is 0. The fourth-order valence-corrected chi connectivity index (χ4v) is 5.00. The monoisotopic (exact) mass is 542 g/mol. The van der Waals surface area contributed by atoms with E-state index in [4.69, 9.17) is 4.74 Å². The van der Waals surface area contributed by atoms with E-state index in [0.717, 1.165) is 57.4 Å². The SMILES string of the molecule is CC(C)C(=O)Nc1cccc(C2CCN(CCCCCCNC(=O)c3cccnc3Oc3ccccc3)CC2)c1. The van der Waals surface area contributed by atoms with Gasteiger partial charge >= 0.3 is 0 Å². The number of piperidine rings is 1. The third-order valence-corrected chi connectivity index (χ3v) is 7.40. The fraction of sp³-hybridized carbons (Fsp3) is 0.424. The smallest absolute Gasteiger partial charge is 0.256 e. The standard InChI is InChI=1S/C33H42N4O3/c1-25(2)31(38)36-28-13-10-12-27(24-28)26-17-22-37(23-18-26)21-9-4-3-8-19-34-32(39)30-16-11-20-35-33(30)40-29-14-6-5-7-15-29/h5-7,10-16,20,24-26H,3-4,8-9,17-19,21-23H2,1-2H3,(H,34,39)(H,36,38). The fourth-order valence-electron chi connectivity index (χ4n) is 5.00. The number of pyridine rings is 1. The van der Waals surface area contributed by atoms with Crippen molar-refractivity contribution in [3.8, 4) is 11.6 Å². The molecule has 1 saturated heterocycles. The Morgan fingerprint density at radius 2 is 1.73 bits per heavy atom. The number of nitrogens with one attached hydrogen (secondary N) is 2. The first kappa shape index (κ1) is 29.3. The second-order valence-corrected chi connectivity index (χ2v) is 10.8. The van der Waals surface area contributed by atoms with Gasteiger partial charge in [-0.15, -0.1) is 0 Å². The molecule has 0 bridgehead atoms. The molecule has 4 rings (SSSR count). The van der Waals surface area contributed by atoms with Gasteiger partial charge in [0.15, 0.2) is 0 Å². The minimum Gasteiger partial charge on any atom is -0.438 e. The van der Waals surface area contributed by atoms with Crippen LogP contribution in [0.2, 0.25) is 0 Å². The molecule has 1 aromatic heterocycles. The van der Waals surface area contributed by atoms with Crippen molar-refractivity contribution in [1.29, 1.82) is 0 Å². The van der Waals surface area contributed by atoms with E-state index in [-0.39, 0.29) is 17.7 Å². The third-order valence-electron chi connectivity index (χ3n) is 7.40. The Morgan fingerprint density at radius 3 is 2.50 bits per heavy atom. The molecule has 0 saturated carbocycles. The highest BCUT2D eigenvalue weighted by Crippen LogP contribution is 2.30. The summed E-state index contributed by atoms with van der Waals surface area (Å²) in [5.41, 5.74) is 2.67. The second kappa shape index (κ2) is 15.2. The van der Waals surface area contributed by atoms with E-state index in [9.17, 15) is 9.59 Å². The zero-order chi connectivity index (χ0) is 28.2. The van der Waals surface area contributed by atoms with Crippen LogP contribution in [-0.4, -0.2) is 47.9 Å². The van der Waals surface area contributed by atoms with Gasteiger partial charge in [0.05, 0.1) is 0 Å². The summed E-state index contributed by atoms with van der Waals surface area (Å²) >= 11 is 0. The molecule has 0 unspecified atom stereocenters. The van der Waals surface area contributed by atoms with E-state index in [0.29, 0.717) is 29.7 Å². The molecule has 1 fully saturated rings. The van der Waals surface area contributed by atoms with Gasteiger partial charge < -0.3 is 20.3 Å². The van der Waals surface area contributed by atoms with Crippen molar-refractivity contribution in [2.75, 3.05) is 31.5 Å². The van der Waals surface area contributed by atoms with E-state index in [2.05, 4.69) is 32.7 Å². The number of carbonyl (C=O) groups is 2. The summed E-state index contributed by atoms with van der Waals surface area (Å²) < 4.78 is 5.81. The number of ether oxygens (including phenoxy) is 1. The number of benzene rings is 2. The molecule has 0 atom stereocenters. The summed E-state index contributed by atoms with van der Waals surface area (Å²) in [6.07, 6.45) is 8.30. The Kier molecular flexibility index (Phi) is 11.1. The van der Waals surface area contributed by atoms with E-state index in [1.54, 1.807) is 18.3 Å². The number of unbranched alkanes of at least 4 members (excludes halogenated alkanes) is 3. The quantitative estimate of drug-likeness (QED) is 0.237. The van der Waals surface area contributed by atoms with Crippen molar-refractivity contribution in [1.82, 2.24) is 15.2 Å². The van der Waals surface area contributed by atoms with Gasteiger partial charge in [-0.05, 0) is 93.2 Å². The average Bonchev–Trinajstić information content (AvgIpc) is 2.98. The number of anilines is 1. The molecule has 0 spiro atoms. The Hall–Kier alpha value is -3.71. The van der Waals surface area contributed by atoms with Crippen LogP contribution in [0.3, 0.4) is 0 Å². The van der Waals surface area contributed by atoms with E-state index >= 15 is 0 Å². The van der Waals surface area contributed by atoms with E-state index in [1.165, 1.54) is 12.0 Å². The van der Waals surface area contributed by atoms with Crippen LogP contribution in [0.25, 0.3) is 0 Å². The van der Waals surface area contributed by atoms with Crippen molar-refractivity contribution >= 4 is 17.5 Å². The average molecular weight is 543 g/mol.